The molecule has 0 saturated heterocycles. The van der Waals surface area contributed by atoms with Crippen LogP contribution in [-0.2, 0) is 24.2 Å². The summed E-state index contributed by atoms with van der Waals surface area (Å²) < 4.78 is 7.40. The number of fused-ring (bicyclic) bond motifs is 2. The summed E-state index contributed by atoms with van der Waals surface area (Å²) in [5, 5.41) is 11.3. The monoisotopic (exact) mass is 336 g/mol. The summed E-state index contributed by atoms with van der Waals surface area (Å²) in [5.74, 6) is -0.284. The zero-order valence-corrected chi connectivity index (χ0v) is 13.9. The number of hydrogen-bond donors (Lipinski definition) is 0. The molecule has 0 unspecified atom stereocenters. The minimum Gasteiger partial charge on any atom is -0.457 e. The van der Waals surface area contributed by atoms with Crippen LogP contribution in [0.15, 0.2) is 36.0 Å². The van der Waals surface area contributed by atoms with Crippen molar-refractivity contribution >= 4 is 22.8 Å². The summed E-state index contributed by atoms with van der Waals surface area (Å²) >= 11 is 1.66. The van der Waals surface area contributed by atoms with E-state index in [1.807, 2.05) is 40.4 Å². The van der Waals surface area contributed by atoms with Crippen molar-refractivity contribution in [3.63, 3.8) is 0 Å². The van der Waals surface area contributed by atoms with Gasteiger partial charge in [-0.25, -0.2) is 4.79 Å². The van der Waals surface area contributed by atoms with Gasteiger partial charge in [0.1, 0.15) is 12.7 Å². The number of rotatable bonds is 3. The maximum Gasteiger partial charge on any atom is 0.339 e. The highest BCUT2D eigenvalue weighted by atomic mass is 32.1. The van der Waals surface area contributed by atoms with E-state index in [1.165, 1.54) is 16.9 Å². The number of nitrogens with zero attached hydrogens (tertiary/aromatic N) is 2. The molecule has 0 amide bonds. The van der Waals surface area contributed by atoms with Crippen LogP contribution in [-0.4, -0.2) is 10.4 Å². The molecule has 1 aliphatic rings. The summed E-state index contributed by atoms with van der Waals surface area (Å²) in [5.41, 5.74) is 4.01. The van der Waals surface area contributed by atoms with Crippen molar-refractivity contribution in [3.05, 3.63) is 63.1 Å². The second-order valence-corrected chi connectivity index (χ2v) is 6.93. The number of hydrogen-bond acceptors (Lipinski definition) is 4. The molecule has 1 aliphatic carbocycles. The maximum absolute atomic E-state index is 12.5. The molecular weight excluding hydrogens is 320 g/mol. The number of aryl methyl sites for hydroxylation is 1. The Morgan fingerprint density at radius 2 is 2.21 bits per heavy atom. The zero-order chi connectivity index (χ0) is 16.5. The summed E-state index contributed by atoms with van der Waals surface area (Å²) in [6.07, 6.45) is 8.10. The van der Waals surface area contributed by atoms with Crippen LogP contribution in [0.25, 0.3) is 5.52 Å². The quantitative estimate of drug-likeness (QED) is 0.676. The molecule has 0 N–H and O–H groups in total. The topological polar surface area (TPSA) is 54.5 Å². The molecular formula is C19H16N2O2S. The van der Waals surface area contributed by atoms with E-state index in [0.717, 1.165) is 30.3 Å². The standard InChI is InChI=1S/C19H16N2O2S/c20-9-15-13(10-21-8-4-3-6-17(15)21)11-23-19(22)16-12-24-18-7-2-1-5-14(16)18/h3-4,6,8,10,12H,1-2,5,7,11H2. The second kappa shape index (κ2) is 6.14. The molecule has 5 heteroatoms. The van der Waals surface area contributed by atoms with Gasteiger partial charge in [0.05, 0.1) is 16.6 Å². The van der Waals surface area contributed by atoms with Crippen LogP contribution >= 0.6 is 11.3 Å². The molecule has 0 radical (unpaired) electrons. The molecule has 3 aromatic heterocycles. The molecule has 120 valence electrons. The van der Waals surface area contributed by atoms with Crippen molar-refractivity contribution in [2.75, 3.05) is 0 Å². The fraction of sp³-hybridized carbons (Fsp3) is 0.263. The molecule has 0 fully saturated rings. The van der Waals surface area contributed by atoms with Crippen molar-refractivity contribution in [1.82, 2.24) is 4.40 Å². The third-order valence-electron chi connectivity index (χ3n) is 4.51. The maximum atomic E-state index is 12.5. The molecule has 0 atom stereocenters. The average molecular weight is 336 g/mol. The predicted octanol–water partition coefficient (Wildman–Crippen LogP) is 4.11. The first-order valence-corrected chi connectivity index (χ1v) is 8.91. The van der Waals surface area contributed by atoms with E-state index in [9.17, 15) is 10.1 Å². The Labute approximate surface area is 143 Å². The van der Waals surface area contributed by atoms with Gasteiger partial charge in [0.25, 0.3) is 0 Å². The lowest BCUT2D eigenvalue weighted by atomic mass is 9.96. The molecule has 3 heterocycles. The number of aromatic nitrogens is 1. The molecule has 24 heavy (non-hydrogen) atoms. The molecule has 0 bridgehead atoms. The van der Waals surface area contributed by atoms with Gasteiger partial charge in [-0.2, -0.15) is 5.26 Å². The van der Waals surface area contributed by atoms with E-state index in [1.54, 1.807) is 11.3 Å². The van der Waals surface area contributed by atoms with Crippen LogP contribution in [0.5, 0.6) is 0 Å². The van der Waals surface area contributed by atoms with Crippen molar-refractivity contribution in [3.8, 4) is 6.07 Å². The van der Waals surface area contributed by atoms with Crippen LogP contribution in [0.3, 0.4) is 0 Å². The second-order valence-electron chi connectivity index (χ2n) is 5.97. The van der Waals surface area contributed by atoms with E-state index >= 15 is 0 Å². The number of carbonyl (C=O) groups is 1. The molecule has 3 aromatic rings. The first kappa shape index (κ1) is 15.0. The number of ether oxygens (including phenoxy) is 1. The van der Waals surface area contributed by atoms with Crippen LogP contribution in [0.2, 0.25) is 0 Å². The van der Waals surface area contributed by atoms with Gasteiger partial charge in [0.2, 0.25) is 0 Å². The van der Waals surface area contributed by atoms with E-state index in [0.29, 0.717) is 11.1 Å². The molecule has 0 aromatic carbocycles. The number of esters is 1. The smallest absolute Gasteiger partial charge is 0.339 e. The lowest BCUT2D eigenvalue weighted by Gasteiger charge is -2.12. The third-order valence-corrected chi connectivity index (χ3v) is 5.60. The Hall–Kier alpha value is -2.58. The Bertz CT molecular complexity index is 962. The molecule has 0 spiro atoms. The molecule has 4 rings (SSSR count). The van der Waals surface area contributed by atoms with Crippen molar-refractivity contribution in [2.45, 2.75) is 32.3 Å². The molecule has 4 nitrogen and oxygen atoms in total. The zero-order valence-electron chi connectivity index (χ0n) is 13.1. The van der Waals surface area contributed by atoms with Gasteiger partial charge < -0.3 is 9.14 Å². The number of nitriles is 1. The van der Waals surface area contributed by atoms with Crippen molar-refractivity contribution in [1.29, 1.82) is 5.26 Å². The Balaban J connectivity index is 1.56. The fourth-order valence-corrected chi connectivity index (χ4v) is 4.42. The van der Waals surface area contributed by atoms with E-state index in [-0.39, 0.29) is 12.6 Å². The predicted molar refractivity (Wildman–Crippen MR) is 92.2 cm³/mol. The van der Waals surface area contributed by atoms with Crippen LogP contribution in [0.1, 0.15) is 44.8 Å². The first-order chi connectivity index (χ1) is 11.8. The number of pyridine rings is 1. The van der Waals surface area contributed by atoms with Crippen LogP contribution in [0.4, 0.5) is 0 Å². The Morgan fingerprint density at radius 3 is 3.08 bits per heavy atom. The minimum absolute atomic E-state index is 0.119. The Kier molecular flexibility index (Phi) is 3.83. The van der Waals surface area contributed by atoms with Gasteiger partial charge in [-0.05, 0) is 43.4 Å². The minimum atomic E-state index is -0.284. The SMILES string of the molecule is N#Cc1c(COC(=O)c2csc3c2CCCC3)cn2ccccc12. The summed E-state index contributed by atoms with van der Waals surface area (Å²) in [4.78, 5) is 13.8. The summed E-state index contributed by atoms with van der Waals surface area (Å²) in [6, 6.07) is 7.90. The van der Waals surface area contributed by atoms with E-state index in [2.05, 4.69) is 6.07 Å². The van der Waals surface area contributed by atoms with Gasteiger partial charge in [0, 0.05) is 28.2 Å². The van der Waals surface area contributed by atoms with Gasteiger partial charge in [-0.1, -0.05) is 6.07 Å². The van der Waals surface area contributed by atoms with Gasteiger partial charge in [0.15, 0.2) is 0 Å². The fourth-order valence-electron chi connectivity index (χ4n) is 3.30. The van der Waals surface area contributed by atoms with Gasteiger partial charge in [-0.15, -0.1) is 11.3 Å². The lowest BCUT2D eigenvalue weighted by molar-refractivity contribution is 0.0471. The number of carbonyl (C=O) groups excluding carboxylic acids is 1. The van der Waals surface area contributed by atoms with Gasteiger partial charge >= 0.3 is 5.97 Å². The van der Waals surface area contributed by atoms with Crippen LogP contribution in [0, 0.1) is 11.3 Å². The number of thiophene rings is 1. The summed E-state index contributed by atoms with van der Waals surface area (Å²) in [6.45, 7) is 0.119. The van der Waals surface area contributed by atoms with Crippen molar-refractivity contribution < 1.29 is 9.53 Å². The van der Waals surface area contributed by atoms with E-state index < -0.39 is 0 Å². The molecule has 0 aliphatic heterocycles. The first-order valence-electron chi connectivity index (χ1n) is 8.03. The van der Waals surface area contributed by atoms with Crippen LogP contribution < -0.4 is 0 Å². The van der Waals surface area contributed by atoms with Gasteiger partial charge in [-0.3, -0.25) is 0 Å². The third kappa shape index (κ3) is 2.49. The highest BCUT2D eigenvalue weighted by molar-refractivity contribution is 7.10. The summed E-state index contributed by atoms with van der Waals surface area (Å²) in [7, 11) is 0. The normalized spacial score (nSPS) is 13.5. The highest BCUT2D eigenvalue weighted by Gasteiger charge is 2.21. The Morgan fingerprint density at radius 1 is 1.33 bits per heavy atom. The molecule has 0 saturated carbocycles. The lowest BCUT2D eigenvalue weighted by Crippen LogP contribution is -2.09. The largest absolute Gasteiger partial charge is 0.457 e. The highest BCUT2D eigenvalue weighted by Crippen LogP contribution is 2.31. The van der Waals surface area contributed by atoms with Crippen molar-refractivity contribution in [2.24, 2.45) is 0 Å². The average Bonchev–Trinajstić information content (AvgIpc) is 3.20. The van der Waals surface area contributed by atoms with E-state index in [4.69, 9.17) is 4.74 Å².